The van der Waals surface area contributed by atoms with E-state index < -0.39 is 0 Å². The lowest BCUT2D eigenvalue weighted by Gasteiger charge is -2.35. The highest BCUT2D eigenvalue weighted by Gasteiger charge is 2.23. The van der Waals surface area contributed by atoms with Gasteiger partial charge in [-0.05, 0) is 50.1 Å². The molecule has 4 rings (SSSR count). The summed E-state index contributed by atoms with van der Waals surface area (Å²) in [7, 11) is 0. The Bertz CT molecular complexity index is 1040. The summed E-state index contributed by atoms with van der Waals surface area (Å²) in [5, 5.41) is 2.50. The van der Waals surface area contributed by atoms with Crippen molar-refractivity contribution in [1.29, 1.82) is 0 Å². The van der Waals surface area contributed by atoms with Crippen molar-refractivity contribution in [2.75, 3.05) is 0 Å². The molecule has 0 aliphatic rings. The maximum absolute atomic E-state index is 4.63. The summed E-state index contributed by atoms with van der Waals surface area (Å²) >= 11 is 0. The highest BCUT2D eigenvalue weighted by molar-refractivity contribution is 5.83. The van der Waals surface area contributed by atoms with Crippen molar-refractivity contribution in [3.05, 3.63) is 78.1 Å². The number of aromatic amines is 1. The Morgan fingerprint density at radius 3 is 2.58 bits per heavy atom. The third-order valence-electron chi connectivity index (χ3n) is 5.01. The summed E-state index contributed by atoms with van der Waals surface area (Å²) < 4.78 is 0. The van der Waals surface area contributed by atoms with Crippen LogP contribution >= 0.6 is 0 Å². The Morgan fingerprint density at radius 2 is 1.73 bits per heavy atom. The number of pyridine rings is 1. The highest BCUT2D eigenvalue weighted by Crippen LogP contribution is 2.25. The Balaban J connectivity index is 1.64. The third-order valence-corrected chi connectivity index (χ3v) is 5.01. The number of aromatic nitrogens is 2. The fraction of sp³-hybridized carbons (Fsp3) is 0.261. The van der Waals surface area contributed by atoms with Crippen LogP contribution in [0.25, 0.3) is 21.8 Å². The number of para-hydroxylation sites is 2. The molecule has 1 N–H and O–H groups in total. The second-order valence-corrected chi connectivity index (χ2v) is 7.92. The van der Waals surface area contributed by atoms with Gasteiger partial charge >= 0.3 is 0 Å². The first kappa shape index (κ1) is 16.8. The Labute approximate surface area is 154 Å². The number of benzene rings is 2. The molecular weight excluding hydrogens is 318 g/mol. The maximum Gasteiger partial charge on any atom is 0.0702 e. The molecule has 4 aromatic rings. The fourth-order valence-electron chi connectivity index (χ4n) is 3.42. The van der Waals surface area contributed by atoms with Crippen molar-refractivity contribution >= 4 is 21.8 Å². The van der Waals surface area contributed by atoms with Crippen molar-refractivity contribution in [3.8, 4) is 0 Å². The van der Waals surface area contributed by atoms with Gasteiger partial charge in [-0.1, -0.05) is 36.4 Å². The number of hydrogen-bond donors (Lipinski definition) is 1. The van der Waals surface area contributed by atoms with E-state index >= 15 is 0 Å². The number of hydrogen-bond acceptors (Lipinski definition) is 2. The van der Waals surface area contributed by atoms with E-state index in [-0.39, 0.29) is 5.54 Å². The molecule has 0 atom stereocenters. The molecule has 0 spiro atoms. The monoisotopic (exact) mass is 343 g/mol. The Hall–Kier alpha value is -2.65. The Morgan fingerprint density at radius 1 is 0.962 bits per heavy atom. The summed E-state index contributed by atoms with van der Waals surface area (Å²) in [6, 6.07) is 19.1. The first-order valence-electron chi connectivity index (χ1n) is 9.14. The molecule has 0 unspecified atom stereocenters. The molecule has 3 heteroatoms. The van der Waals surface area contributed by atoms with Crippen molar-refractivity contribution in [3.63, 3.8) is 0 Å². The number of nitrogens with zero attached hydrogens (tertiary/aromatic N) is 2. The zero-order chi connectivity index (χ0) is 18.1. The quantitative estimate of drug-likeness (QED) is 0.529. The summed E-state index contributed by atoms with van der Waals surface area (Å²) in [6.07, 6.45) is 4.15. The van der Waals surface area contributed by atoms with Crippen LogP contribution < -0.4 is 0 Å². The topological polar surface area (TPSA) is 31.9 Å². The maximum atomic E-state index is 4.63. The van der Waals surface area contributed by atoms with Gasteiger partial charge in [0.15, 0.2) is 0 Å². The van der Waals surface area contributed by atoms with Gasteiger partial charge in [-0.25, -0.2) is 0 Å². The fourth-order valence-corrected chi connectivity index (χ4v) is 3.42. The molecule has 0 fully saturated rings. The predicted molar refractivity (Wildman–Crippen MR) is 109 cm³/mol. The van der Waals surface area contributed by atoms with Crippen LogP contribution in [0, 0.1) is 0 Å². The lowest BCUT2D eigenvalue weighted by molar-refractivity contribution is 0.119. The predicted octanol–water partition coefficient (Wildman–Crippen LogP) is 5.52. The van der Waals surface area contributed by atoms with Gasteiger partial charge in [0.2, 0.25) is 0 Å². The zero-order valence-electron chi connectivity index (χ0n) is 15.7. The summed E-state index contributed by atoms with van der Waals surface area (Å²) in [6.45, 7) is 8.60. The van der Waals surface area contributed by atoms with E-state index in [2.05, 4.69) is 90.4 Å². The van der Waals surface area contributed by atoms with Crippen molar-refractivity contribution in [2.45, 2.75) is 39.4 Å². The molecule has 0 amide bonds. The van der Waals surface area contributed by atoms with Gasteiger partial charge in [0.25, 0.3) is 0 Å². The van der Waals surface area contributed by atoms with E-state index in [1.165, 1.54) is 27.4 Å². The number of rotatable bonds is 4. The molecule has 0 aliphatic heterocycles. The molecule has 26 heavy (non-hydrogen) atoms. The molecule has 132 valence electrons. The SMILES string of the molecule is CC(C)(C)N(Cc1cnc2ccccc2c1)Cc1c[nH]c2ccccc12. The number of H-pyrrole nitrogens is 1. The van der Waals surface area contributed by atoms with Crippen LogP contribution in [-0.2, 0) is 13.1 Å². The molecule has 0 radical (unpaired) electrons. The van der Waals surface area contributed by atoms with Crippen LogP contribution in [0.5, 0.6) is 0 Å². The van der Waals surface area contributed by atoms with Crippen LogP contribution in [0.4, 0.5) is 0 Å². The van der Waals surface area contributed by atoms with Gasteiger partial charge in [0, 0.05) is 47.3 Å². The van der Waals surface area contributed by atoms with E-state index in [1.807, 2.05) is 12.3 Å². The zero-order valence-corrected chi connectivity index (χ0v) is 15.7. The van der Waals surface area contributed by atoms with Crippen LogP contribution in [-0.4, -0.2) is 20.4 Å². The van der Waals surface area contributed by atoms with E-state index in [4.69, 9.17) is 0 Å². The van der Waals surface area contributed by atoms with Gasteiger partial charge in [-0.2, -0.15) is 0 Å². The van der Waals surface area contributed by atoms with Crippen LogP contribution in [0.15, 0.2) is 67.0 Å². The largest absolute Gasteiger partial charge is 0.361 e. The van der Waals surface area contributed by atoms with Crippen molar-refractivity contribution in [1.82, 2.24) is 14.9 Å². The van der Waals surface area contributed by atoms with Gasteiger partial charge < -0.3 is 4.98 Å². The summed E-state index contributed by atoms with van der Waals surface area (Å²) in [4.78, 5) is 10.5. The number of nitrogens with one attached hydrogen (secondary N) is 1. The molecular formula is C23H25N3. The first-order chi connectivity index (χ1) is 12.5. The minimum absolute atomic E-state index is 0.0595. The normalized spacial score (nSPS) is 12.3. The van der Waals surface area contributed by atoms with Crippen molar-refractivity contribution < 1.29 is 0 Å². The second kappa shape index (κ2) is 6.58. The summed E-state index contributed by atoms with van der Waals surface area (Å²) in [5.41, 5.74) is 4.89. The van der Waals surface area contributed by atoms with Crippen molar-refractivity contribution in [2.24, 2.45) is 0 Å². The molecule has 2 aromatic carbocycles. The highest BCUT2D eigenvalue weighted by atomic mass is 15.2. The van der Waals surface area contributed by atoms with Gasteiger partial charge in [-0.15, -0.1) is 0 Å². The molecule has 0 saturated carbocycles. The number of fused-ring (bicyclic) bond motifs is 2. The van der Waals surface area contributed by atoms with Gasteiger partial charge in [0.05, 0.1) is 5.52 Å². The van der Waals surface area contributed by atoms with Crippen LogP contribution in [0.3, 0.4) is 0 Å². The first-order valence-corrected chi connectivity index (χ1v) is 9.14. The summed E-state index contributed by atoms with van der Waals surface area (Å²) in [5.74, 6) is 0. The average molecular weight is 343 g/mol. The smallest absolute Gasteiger partial charge is 0.0702 e. The molecule has 0 bridgehead atoms. The minimum Gasteiger partial charge on any atom is -0.361 e. The molecule has 2 heterocycles. The second-order valence-electron chi connectivity index (χ2n) is 7.92. The molecule has 0 saturated heterocycles. The minimum atomic E-state index is 0.0595. The van der Waals surface area contributed by atoms with Gasteiger partial charge in [-0.3, -0.25) is 9.88 Å². The van der Waals surface area contributed by atoms with Crippen LogP contribution in [0.1, 0.15) is 31.9 Å². The molecule has 2 aromatic heterocycles. The van der Waals surface area contributed by atoms with E-state index in [9.17, 15) is 0 Å². The average Bonchev–Trinajstić information content (AvgIpc) is 3.03. The lowest BCUT2D eigenvalue weighted by Crippen LogP contribution is -2.40. The molecule has 0 aliphatic carbocycles. The third kappa shape index (κ3) is 3.35. The van der Waals surface area contributed by atoms with E-state index in [1.54, 1.807) is 0 Å². The van der Waals surface area contributed by atoms with Gasteiger partial charge in [0.1, 0.15) is 0 Å². The van der Waals surface area contributed by atoms with E-state index in [0.717, 1.165) is 18.6 Å². The lowest BCUT2D eigenvalue weighted by atomic mass is 10.0. The standard InChI is InChI=1S/C23H25N3/c1-23(2,3)26(16-19-14-25-22-11-7-5-9-20(19)22)15-17-12-18-8-4-6-10-21(18)24-13-17/h4-14,25H,15-16H2,1-3H3. The Kier molecular flexibility index (Phi) is 4.25. The van der Waals surface area contributed by atoms with Crippen LogP contribution in [0.2, 0.25) is 0 Å². The van der Waals surface area contributed by atoms with E-state index in [0.29, 0.717) is 0 Å². The molecule has 3 nitrogen and oxygen atoms in total.